The maximum Gasteiger partial charge on any atom is 0.319 e. The molecule has 154 valence electrons. The number of amides is 4. The molecule has 4 amide bonds. The Morgan fingerprint density at radius 2 is 1.87 bits per heavy atom. The largest absolute Gasteiger partial charge is 0.334 e. The molecule has 0 spiro atoms. The van der Waals surface area contributed by atoms with Gasteiger partial charge in [0, 0.05) is 42.6 Å². The van der Waals surface area contributed by atoms with Crippen LogP contribution in [0.4, 0.5) is 15.3 Å². The number of nitrogens with one attached hydrogen (secondary N) is 3. The summed E-state index contributed by atoms with van der Waals surface area (Å²) in [4.78, 5) is 31.7. The van der Waals surface area contributed by atoms with Gasteiger partial charge in [0.15, 0.2) is 0 Å². The quantitative estimate of drug-likeness (QED) is 0.587. The highest BCUT2D eigenvalue weighted by atomic mass is 32.1. The SMILES string of the molecule is O=C(NCc1ccncc1)Nc1cccc(CNC(=O)N2CCc3ccsc3C2)c1. The first-order valence-electron chi connectivity index (χ1n) is 9.78. The molecule has 4 rings (SSSR count). The number of benzene rings is 1. The van der Waals surface area contributed by atoms with Crippen LogP contribution in [0.15, 0.2) is 60.2 Å². The van der Waals surface area contributed by atoms with Gasteiger partial charge in [0.25, 0.3) is 0 Å². The van der Waals surface area contributed by atoms with Gasteiger partial charge in [-0.2, -0.15) is 0 Å². The summed E-state index contributed by atoms with van der Waals surface area (Å²) in [5, 5.41) is 10.7. The second kappa shape index (κ2) is 9.41. The van der Waals surface area contributed by atoms with Crippen LogP contribution in [0.25, 0.3) is 0 Å². The highest BCUT2D eigenvalue weighted by molar-refractivity contribution is 7.10. The number of anilines is 1. The van der Waals surface area contributed by atoms with Crippen molar-refractivity contribution in [1.82, 2.24) is 20.5 Å². The van der Waals surface area contributed by atoms with Crippen LogP contribution >= 0.6 is 11.3 Å². The molecular weight excluding hydrogens is 398 g/mol. The highest BCUT2D eigenvalue weighted by Crippen LogP contribution is 2.24. The highest BCUT2D eigenvalue weighted by Gasteiger charge is 2.21. The molecule has 0 unspecified atom stereocenters. The van der Waals surface area contributed by atoms with Crippen molar-refractivity contribution in [3.63, 3.8) is 0 Å². The van der Waals surface area contributed by atoms with Crippen LogP contribution in [-0.4, -0.2) is 28.5 Å². The number of nitrogens with zero attached hydrogens (tertiary/aromatic N) is 2. The van der Waals surface area contributed by atoms with E-state index in [-0.39, 0.29) is 12.1 Å². The van der Waals surface area contributed by atoms with Gasteiger partial charge in [-0.25, -0.2) is 9.59 Å². The fourth-order valence-electron chi connectivity index (χ4n) is 3.32. The molecule has 0 atom stereocenters. The van der Waals surface area contributed by atoms with E-state index in [4.69, 9.17) is 0 Å². The lowest BCUT2D eigenvalue weighted by molar-refractivity contribution is 0.192. The third-order valence-corrected chi connectivity index (χ3v) is 5.89. The summed E-state index contributed by atoms with van der Waals surface area (Å²) in [5.41, 5.74) is 3.92. The third kappa shape index (κ3) is 5.15. The van der Waals surface area contributed by atoms with Crippen molar-refractivity contribution >= 4 is 29.1 Å². The van der Waals surface area contributed by atoms with Crippen molar-refractivity contribution in [2.45, 2.75) is 26.1 Å². The van der Waals surface area contributed by atoms with E-state index < -0.39 is 0 Å². The predicted octanol–water partition coefficient (Wildman–Crippen LogP) is 3.73. The van der Waals surface area contributed by atoms with E-state index in [1.807, 2.05) is 41.3 Å². The minimum Gasteiger partial charge on any atom is -0.334 e. The summed E-state index contributed by atoms with van der Waals surface area (Å²) in [6.07, 6.45) is 4.28. The number of aromatic nitrogens is 1. The first-order valence-corrected chi connectivity index (χ1v) is 10.7. The molecule has 0 radical (unpaired) electrons. The minimum atomic E-state index is -0.284. The van der Waals surface area contributed by atoms with Crippen molar-refractivity contribution in [3.05, 3.63) is 81.8 Å². The molecule has 7 nitrogen and oxygen atoms in total. The normalized spacial score (nSPS) is 12.7. The van der Waals surface area contributed by atoms with Crippen LogP contribution in [0.3, 0.4) is 0 Å². The topological polar surface area (TPSA) is 86.4 Å². The average molecular weight is 422 g/mol. The molecule has 1 aliphatic heterocycles. The number of thiophene rings is 1. The van der Waals surface area contributed by atoms with E-state index in [0.29, 0.717) is 25.3 Å². The molecule has 0 saturated heterocycles. The maximum atomic E-state index is 12.5. The van der Waals surface area contributed by atoms with Crippen LogP contribution in [0.5, 0.6) is 0 Å². The van der Waals surface area contributed by atoms with E-state index in [2.05, 4.69) is 32.4 Å². The lowest BCUT2D eigenvalue weighted by Crippen LogP contribution is -2.42. The number of hydrogen-bond donors (Lipinski definition) is 3. The lowest BCUT2D eigenvalue weighted by atomic mass is 10.1. The molecule has 0 bridgehead atoms. The molecule has 1 aromatic carbocycles. The van der Waals surface area contributed by atoms with Crippen molar-refractivity contribution in [2.24, 2.45) is 0 Å². The van der Waals surface area contributed by atoms with Crippen LogP contribution in [0.1, 0.15) is 21.6 Å². The number of fused-ring (bicyclic) bond motifs is 1. The Morgan fingerprint density at radius 3 is 2.73 bits per heavy atom. The Hall–Kier alpha value is -3.39. The third-order valence-electron chi connectivity index (χ3n) is 4.94. The zero-order valence-electron chi connectivity index (χ0n) is 16.4. The second-order valence-corrected chi connectivity index (χ2v) is 8.06. The van der Waals surface area contributed by atoms with Gasteiger partial charge in [-0.3, -0.25) is 4.98 Å². The van der Waals surface area contributed by atoms with E-state index in [9.17, 15) is 9.59 Å². The van der Waals surface area contributed by atoms with Crippen LogP contribution in [-0.2, 0) is 26.1 Å². The molecule has 2 aromatic heterocycles. The molecular formula is C22H23N5O2S. The van der Waals surface area contributed by atoms with Crippen molar-refractivity contribution in [1.29, 1.82) is 0 Å². The van der Waals surface area contributed by atoms with Crippen LogP contribution < -0.4 is 16.0 Å². The number of hydrogen-bond acceptors (Lipinski definition) is 4. The number of pyridine rings is 1. The molecule has 8 heteroatoms. The summed E-state index contributed by atoms with van der Waals surface area (Å²) in [5.74, 6) is 0. The first kappa shape index (κ1) is 19.9. The molecule has 3 heterocycles. The predicted molar refractivity (Wildman–Crippen MR) is 117 cm³/mol. The van der Waals surface area contributed by atoms with Gasteiger partial charge in [0.1, 0.15) is 0 Å². The Kier molecular flexibility index (Phi) is 6.24. The van der Waals surface area contributed by atoms with Gasteiger partial charge in [-0.15, -0.1) is 11.3 Å². The summed E-state index contributed by atoms with van der Waals surface area (Å²) in [6, 6.07) is 13.0. The van der Waals surface area contributed by atoms with E-state index in [1.165, 1.54) is 10.4 Å². The summed E-state index contributed by atoms with van der Waals surface area (Å²) < 4.78 is 0. The number of carbonyl (C=O) groups is 2. The van der Waals surface area contributed by atoms with Gasteiger partial charge < -0.3 is 20.9 Å². The lowest BCUT2D eigenvalue weighted by Gasteiger charge is -2.27. The second-order valence-electron chi connectivity index (χ2n) is 7.06. The first-order chi connectivity index (χ1) is 14.7. The van der Waals surface area contributed by atoms with Crippen molar-refractivity contribution in [2.75, 3.05) is 11.9 Å². The molecule has 0 fully saturated rings. The summed E-state index contributed by atoms with van der Waals surface area (Å²) in [6.45, 7) is 2.22. The number of rotatable bonds is 5. The standard InChI is InChI=1S/C22H23N5O2S/c28-21(24-13-16-4-8-23-9-5-16)26-19-3-1-2-17(12-19)14-25-22(29)27-10-6-18-7-11-30-20(18)15-27/h1-5,7-9,11-12H,6,10,13-15H2,(H,25,29)(H2,24,26,28). The Balaban J connectivity index is 1.26. The fraction of sp³-hybridized carbons (Fsp3) is 0.227. The van der Waals surface area contributed by atoms with E-state index in [1.54, 1.807) is 23.7 Å². The molecule has 3 aromatic rings. The van der Waals surface area contributed by atoms with Gasteiger partial charge in [0.2, 0.25) is 0 Å². The van der Waals surface area contributed by atoms with Crippen LogP contribution in [0, 0.1) is 0 Å². The van der Waals surface area contributed by atoms with Gasteiger partial charge in [-0.05, 0) is 58.8 Å². The summed E-state index contributed by atoms with van der Waals surface area (Å²) in [7, 11) is 0. The average Bonchev–Trinajstić information content (AvgIpc) is 3.25. The van der Waals surface area contributed by atoms with Crippen molar-refractivity contribution in [3.8, 4) is 0 Å². The molecule has 3 N–H and O–H groups in total. The zero-order valence-corrected chi connectivity index (χ0v) is 17.2. The van der Waals surface area contributed by atoms with Gasteiger partial charge >= 0.3 is 12.1 Å². The zero-order chi connectivity index (χ0) is 20.8. The number of carbonyl (C=O) groups excluding carboxylic acids is 2. The van der Waals surface area contributed by atoms with Gasteiger partial charge in [-0.1, -0.05) is 12.1 Å². The van der Waals surface area contributed by atoms with Crippen molar-refractivity contribution < 1.29 is 9.59 Å². The summed E-state index contributed by atoms with van der Waals surface area (Å²) >= 11 is 1.70. The van der Waals surface area contributed by atoms with E-state index >= 15 is 0 Å². The van der Waals surface area contributed by atoms with Crippen LogP contribution in [0.2, 0.25) is 0 Å². The minimum absolute atomic E-state index is 0.0671. The Labute approximate surface area is 179 Å². The smallest absolute Gasteiger partial charge is 0.319 e. The molecule has 0 aliphatic carbocycles. The van der Waals surface area contributed by atoms with E-state index in [0.717, 1.165) is 24.1 Å². The Bertz CT molecular complexity index is 1020. The fourth-order valence-corrected chi connectivity index (χ4v) is 4.26. The Morgan fingerprint density at radius 1 is 1.03 bits per heavy atom. The monoisotopic (exact) mass is 421 g/mol. The molecule has 0 saturated carbocycles. The molecule has 1 aliphatic rings. The molecule has 30 heavy (non-hydrogen) atoms. The maximum absolute atomic E-state index is 12.5. The number of urea groups is 2. The van der Waals surface area contributed by atoms with Gasteiger partial charge in [0.05, 0.1) is 6.54 Å².